The predicted molar refractivity (Wildman–Crippen MR) is 120 cm³/mol. The highest BCUT2D eigenvalue weighted by molar-refractivity contribution is 5.84. The van der Waals surface area contributed by atoms with Gasteiger partial charge in [-0.15, -0.1) is 0 Å². The first kappa shape index (κ1) is 20.9. The molecule has 0 bridgehead atoms. The molecule has 0 atom stereocenters. The number of anilines is 2. The van der Waals surface area contributed by atoms with Gasteiger partial charge in [-0.1, -0.05) is 12.1 Å². The third-order valence-electron chi connectivity index (χ3n) is 5.45. The number of nitrogens with zero attached hydrogens (tertiary/aromatic N) is 5. The number of methoxy groups -OCH3 is 1. The molecule has 1 aromatic carbocycles. The van der Waals surface area contributed by atoms with Crippen LogP contribution in [0.3, 0.4) is 0 Å². The molecule has 31 heavy (non-hydrogen) atoms. The number of hydrogen-bond donors (Lipinski definition) is 2. The van der Waals surface area contributed by atoms with Crippen LogP contribution in [0.1, 0.15) is 25.3 Å². The quantitative estimate of drug-likeness (QED) is 0.517. The van der Waals surface area contributed by atoms with E-state index in [0.717, 1.165) is 49.4 Å². The maximum Gasteiger partial charge on any atom is 0.226 e. The minimum atomic E-state index is 0.230. The maximum atomic E-state index is 11.9. The van der Waals surface area contributed by atoms with Crippen LogP contribution in [0.15, 0.2) is 30.6 Å². The van der Waals surface area contributed by atoms with Crippen LogP contribution in [0, 0.1) is 0 Å². The molecule has 9 nitrogen and oxygen atoms in total. The molecule has 1 saturated heterocycles. The number of carbonyl (C=O) groups excluding carboxylic acids is 1. The summed E-state index contributed by atoms with van der Waals surface area (Å²) in [7, 11) is 1.67. The predicted octanol–water partition coefficient (Wildman–Crippen LogP) is 2.54. The number of aromatic nitrogens is 4. The van der Waals surface area contributed by atoms with Gasteiger partial charge in [0, 0.05) is 39.1 Å². The van der Waals surface area contributed by atoms with E-state index in [1.807, 2.05) is 28.5 Å². The topological polar surface area (TPSA) is 97.2 Å². The van der Waals surface area contributed by atoms with Gasteiger partial charge < -0.3 is 24.8 Å². The summed E-state index contributed by atoms with van der Waals surface area (Å²) in [5.41, 5.74) is 2.72. The molecule has 0 spiro atoms. The van der Waals surface area contributed by atoms with E-state index in [2.05, 4.69) is 37.7 Å². The molecule has 3 heterocycles. The molecule has 164 valence electrons. The fraction of sp³-hybridized carbons (Fsp3) is 0.455. The van der Waals surface area contributed by atoms with E-state index in [0.29, 0.717) is 31.3 Å². The van der Waals surface area contributed by atoms with Gasteiger partial charge in [0.25, 0.3) is 0 Å². The lowest BCUT2D eigenvalue weighted by molar-refractivity contribution is -0.127. The van der Waals surface area contributed by atoms with Crippen molar-refractivity contribution in [3.8, 4) is 5.75 Å². The summed E-state index contributed by atoms with van der Waals surface area (Å²) in [6, 6.07) is 8.06. The van der Waals surface area contributed by atoms with Crippen molar-refractivity contribution in [2.45, 2.75) is 32.7 Å². The minimum Gasteiger partial charge on any atom is -0.497 e. The van der Waals surface area contributed by atoms with Gasteiger partial charge in [-0.05, 0) is 37.5 Å². The molecular formula is C22H29N7O2. The molecular weight excluding hydrogens is 394 g/mol. The summed E-state index contributed by atoms with van der Waals surface area (Å²) < 4.78 is 7.21. The number of imidazole rings is 1. The molecule has 0 radical (unpaired) electrons. The van der Waals surface area contributed by atoms with Crippen LogP contribution in [0.5, 0.6) is 5.75 Å². The van der Waals surface area contributed by atoms with Gasteiger partial charge in [-0.25, -0.2) is 4.98 Å². The number of likely N-dealkylation sites (tertiary alicyclic amines) is 1. The van der Waals surface area contributed by atoms with Crippen LogP contribution in [-0.4, -0.2) is 63.6 Å². The lowest BCUT2D eigenvalue weighted by Crippen LogP contribution is -2.28. The Morgan fingerprint density at radius 2 is 1.97 bits per heavy atom. The smallest absolute Gasteiger partial charge is 0.226 e. The van der Waals surface area contributed by atoms with Gasteiger partial charge >= 0.3 is 0 Å². The van der Waals surface area contributed by atoms with Crippen molar-refractivity contribution >= 4 is 28.8 Å². The van der Waals surface area contributed by atoms with E-state index in [-0.39, 0.29) is 5.91 Å². The molecule has 1 aliphatic rings. The fourth-order valence-corrected chi connectivity index (χ4v) is 3.75. The van der Waals surface area contributed by atoms with Crippen LogP contribution in [0.25, 0.3) is 11.2 Å². The highest BCUT2D eigenvalue weighted by atomic mass is 16.5. The molecule has 3 aromatic rings. The van der Waals surface area contributed by atoms with Crippen molar-refractivity contribution in [1.82, 2.24) is 24.4 Å². The Bertz CT molecular complexity index is 1030. The Balaban J connectivity index is 1.48. The Morgan fingerprint density at radius 1 is 1.13 bits per heavy atom. The second kappa shape index (κ2) is 9.63. The van der Waals surface area contributed by atoms with Gasteiger partial charge in [0.15, 0.2) is 17.0 Å². The van der Waals surface area contributed by atoms with Gasteiger partial charge in [-0.2, -0.15) is 9.97 Å². The standard InChI is InChI=1S/C22H29N7O2/c1-3-23-22-26-20(24-11-10-16-6-8-17(31-2)9-7-16)19-21(27-22)29(15-25-19)14-13-28-12-4-5-18(28)30/h6-9,15H,3-5,10-14H2,1-2H3,(H2,23,24,26,27). The molecule has 1 aliphatic heterocycles. The summed E-state index contributed by atoms with van der Waals surface area (Å²) >= 11 is 0. The second-order valence-electron chi connectivity index (χ2n) is 7.55. The van der Waals surface area contributed by atoms with E-state index in [4.69, 9.17) is 4.74 Å². The second-order valence-corrected chi connectivity index (χ2v) is 7.55. The SMILES string of the molecule is CCNc1nc(NCCc2ccc(OC)cc2)c2ncn(CCN3CCCC3=O)c2n1. The molecule has 1 fully saturated rings. The lowest BCUT2D eigenvalue weighted by Gasteiger charge is -2.16. The maximum absolute atomic E-state index is 11.9. The summed E-state index contributed by atoms with van der Waals surface area (Å²) in [6.45, 7) is 5.63. The van der Waals surface area contributed by atoms with Crippen molar-refractivity contribution in [2.75, 3.05) is 43.9 Å². The third kappa shape index (κ3) is 4.87. The molecule has 9 heteroatoms. The average molecular weight is 424 g/mol. The molecule has 4 rings (SSSR count). The highest BCUT2D eigenvalue weighted by Crippen LogP contribution is 2.21. The van der Waals surface area contributed by atoms with E-state index >= 15 is 0 Å². The van der Waals surface area contributed by atoms with Crippen LogP contribution in [-0.2, 0) is 17.8 Å². The summed E-state index contributed by atoms with van der Waals surface area (Å²) in [5, 5.41) is 6.62. The number of hydrogen-bond acceptors (Lipinski definition) is 7. The van der Waals surface area contributed by atoms with Crippen molar-refractivity contribution in [3.63, 3.8) is 0 Å². The summed E-state index contributed by atoms with van der Waals surface area (Å²) in [4.78, 5) is 27.7. The third-order valence-corrected chi connectivity index (χ3v) is 5.45. The van der Waals surface area contributed by atoms with E-state index < -0.39 is 0 Å². The van der Waals surface area contributed by atoms with Crippen LogP contribution in [0.2, 0.25) is 0 Å². The zero-order valence-corrected chi connectivity index (χ0v) is 18.1. The lowest BCUT2D eigenvalue weighted by atomic mass is 10.1. The largest absolute Gasteiger partial charge is 0.497 e. The van der Waals surface area contributed by atoms with Crippen molar-refractivity contribution in [1.29, 1.82) is 0 Å². The summed E-state index contributed by atoms with van der Waals surface area (Å²) in [6.07, 6.45) is 4.23. The van der Waals surface area contributed by atoms with Crippen LogP contribution in [0.4, 0.5) is 11.8 Å². The Hall–Kier alpha value is -3.36. The van der Waals surface area contributed by atoms with Crippen molar-refractivity contribution in [2.24, 2.45) is 0 Å². The number of fused-ring (bicyclic) bond motifs is 1. The number of benzene rings is 1. The first-order valence-corrected chi connectivity index (χ1v) is 10.8. The number of nitrogens with one attached hydrogen (secondary N) is 2. The van der Waals surface area contributed by atoms with E-state index in [1.54, 1.807) is 13.4 Å². The fourth-order valence-electron chi connectivity index (χ4n) is 3.75. The van der Waals surface area contributed by atoms with Crippen molar-refractivity contribution < 1.29 is 9.53 Å². The Labute approximate surface area is 181 Å². The van der Waals surface area contributed by atoms with Crippen LogP contribution < -0.4 is 15.4 Å². The highest BCUT2D eigenvalue weighted by Gasteiger charge is 2.20. The van der Waals surface area contributed by atoms with E-state index in [1.165, 1.54) is 5.56 Å². The molecule has 0 aliphatic carbocycles. The molecule has 0 unspecified atom stereocenters. The van der Waals surface area contributed by atoms with Gasteiger partial charge in [-0.3, -0.25) is 4.79 Å². The van der Waals surface area contributed by atoms with Gasteiger partial charge in [0.05, 0.1) is 13.4 Å². The molecule has 0 saturated carbocycles. The monoisotopic (exact) mass is 423 g/mol. The first-order chi connectivity index (χ1) is 15.2. The number of ether oxygens (including phenoxy) is 1. The zero-order valence-electron chi connectivity index (χ0n) is 18.1. The zero-order chi connectivity index (χ0) is 21.6. The van der Waals surface area contributed by atoms with Crippen molar-refractivity contribution in [3.05, 3.63) is 36.2 Å². The molecule has 2 aromatic heterocycles. The molecule has 1 amide bonds. The normalized spacial score (nSPS) is 13.7. The van der Waals surface area contributed by atoms with Crippen LogP contribution >= 0.6 is 0 Å². The molecule has 2 N–H and O–H groups in total. The minimum absolute atomic E-state index is 0.230. The average Bonchev–Trinajstić information content (AvgIpc) is 3.38. The first-order valence-electron chi connectivity index (χ1n) is 10.8. The number of rotatable bonds is 10. The summed E-state index contributed by atoms with van der Waals surface area (Å²) in [5.74, 6) is 2.37. The Kier molecular flexibility index (Phi) is 6.49. The van der Waals surface area contributed by atoms with E-state index in [9.17, 15) is 4.79 Å². The number of carbonyl (C=O) groups is 1. The van der Waals surface area contributed by atoms with Gasteiger partial charge in [0.1, 0.15) is 5.75 Å². The van der Waals surface area contributed by atoms with Gasteiger partial charge in [0.2, 0.25) is 11.9 Å². The number of amides is 1. The Morgan fingerprint density at radius 3 is 2.68 bits per heavy atom.